The van der Waals surface area contributed by atoms with Crippen LogP contribution >= 0.6 is 27.3 Å². The smallest absolute Gasteiger partial charge is 0.255 e. The van der Waals surface area contributed by atoms with Gasteiger partial charge in [0.2, 0.25) is 0 Å². The number of amides is 1. The second-order valence-electron chi connectivity index (χ2n) is 5.23. The molecule has 0 atom stereocenters. The average Bonchev–Trinajstić information content (AvgIpc) is 3.09. The molecule has 1 amide bonds. The fourth-order valence-corrected chi connectivity index (χ4v) is 3.24. The standard InChI is InChI=1S/C18H15BrN2O2S/c1-12-5-6-17(16(19)7-12)21-18(22)13-3-2-4-15(8-13)23-9-14-10-24-11-20-14/h2-8,10-11H,9H2,1H3,(H,21,22). The van der Waals surface area contributed by atoms with Crippen LogP contribution in [0.4, 0.5) is 5.69 Å². The van der Waals surface area contributed by atoms with Gasteiger partial charge in [0.1, 0.15) is 12.4 Å². The van der Waals surface area contributed by atoms with Crippen molar-refractivity contribution in [2.75, 3.05) is 5.32 Å². The van der Waals surface area contributed by atoms with Crippen molar-refractivity contribution >= 4 is 38.9 Å². The monoisotopic (exact) mass is 402 g/mol. The lowest BCUT2D eigenvalue weighted by atomic mass is 10.2. The van der Waals surface area contributed by atoms with Crippen LogP contribution in [-0.2, 0) is 6.61 Å². The highest BCUT2D eigenvalue weighted by atomic mass is 79.9. The number of aromatic nitrogens is 1. The van der Waals surface area contributed by atoms with Crippen molar-refractivity contribution in [3.63, 3.8) is 0 Å². The fourth-order valence-electron chi connectivity index (χ4n) is 2.11. The van der Waals surface area contributed by atoms with Crippen LogP contribution in [0.5, 0.6) is 5.75 Å². The van der Waals surface area contributed by atoms with Gasteiger partial charge in [-0.25, -0.2) is 4.98 Å². The van der Waals surface area contributed by atoms with Crippen LogP contribution < -0.4 is 10.1 Å². The molecule has 0 radical (unpaired) electrons. The molecule has 6 heteroatoms. The number of nitrogens with one attached hydrogen (secondary N) is 1. The van der Waals surface area contributed by atoms with Gasteiger partial charge in [0.25, 0.3) is 5.91 Å². The number of carbonyl (C=O) groups excluding carboxylic acids is 1. The van der Waals surface area contributed by atoms with Gasteiger partial charge < -0.3 is 10.1 Å². The molecular weight excluding hydrogens is 388 g/mol. The molecule has 0 spiro atoms. The summed E-state index contributed by atoms with van der Waals surface area (Å²) in [7, 11) is 0. The Morgan fingerprint density at radius 3 is 2.92 bits per heavy atom. The molecule has 1 heterocycles. The number of rotatable bonds is 5. The van der Waals surface area contributed by atoms with E-state index in [-0.39, 0.29) is 5.91 Å². The number of benzene rings is 2. The van der Waals surface area contributed by atoms with E-state index < -0.39 is 0 Å². The zero-order valence-corrected chi connectivity index (χ0v) is 15.4. The molecule has 0 unspecified atom stereocenters. The Hall–Kier alpha value is -2.18. The lowest BCUT2D eigenvalue weighted by Crippen LogP contribution is -2.12. The van der Waals surface area contributed by atoms with Crippen molar-refractivity contribution in [2.45, 2.75) is 13.5 Å². The van der Waals surface area contributed by atoms with Gasteiger partial charge in [0, 0.05) is 15.4 Å². The van der Waals surface area contributed by atoms with Crippen LogP contribution in [0.25, 0.3) is 0 Å². The third-order valence-corrected chi connectivity index (χ3v) is 4.63. The summed E-state index contributed by atoms with van der Waals surface area (Å²) >= 11 is 4.99. The number of anilines is 1. The normalized spacial score (nSPS) is 10.4. The van der Waals surface area contributed by atoms with Gasteiger partial charge in [-0.2, -0.15) is 0 Å². The van der Waals surface area contributed by atoms with Crippen LogP contribution in [0, 0.1) is 6.92 Å². The molecule has 0 bridgehead atoms. The Morgan fingerprint density at radius 2 is 2.17 bits per heavy atom. The number of halogens is 1. The quantitative estimate of drug-likeness (QED) is 0.649. The minimum atomic E-state index is -0.182. The van der Waals surface area contributed by atoms with Crippen molar-refractivity contribution in [2.24, 2.45) is 0 Å². The van der Waals surface area contributed by atoms with Crippen molar-refractivity contribution < 1.29 is 9.53 Å². The van der Waals surface area contributed by atoms with Crippen LogP contribution in [0.1, 0.15) is 21.6 Å². The van der Waals surface area contributed by atoms with Crippen molar-refractivity contribution in [1.82, 2.24) is 4.98 Å². The van der Waals surface area contributed by atoms with E-state index in [4.69, 9.17) is 4.74 Å². The van der Waals surface area contributed by atoms with Crippen molar-refractivity contribution in [3.8, 4) is 5.75 Å². The van der Waals surface area contributed by atoms with E-state index in [1.165, 1.54) is 11.3 Å². The molecule has 3 aromatic rings. The minimum Gasteiger partial charge on any atom is -0.487 e. The Labute approximate surface area is 152 Å². The van der Waals surface area contributed by atoms with Gasteiger partial charge in [-0.1, -0.05) is 12.1 Å². The average molecular weight is 403 g/mol. The van der Waals surface area contributed by atoms with E-state index in [0.717, 1.165) is 21.4 Å². The third-order valence-electron chi connectivity index (χ3n) is 3.34. The van der Waals surface area contributed by atoms with Gasteiger partial charge in [-0.15, -0.1) is 11.3 Å². The van der Waals surface area contributed by atoms with Crippen molar-refractivity contribution in [1.29, 1.82) is 0 Å². The van der Waals surface area contributed by atoms with Crippen LogP contribution in [0.3, 0.4) is 0 Å². The number of nitrogens with zero attached hydrogens (tertiary/aromatic N) is 1. The molecule has 0 aliphatic carbocycles. The molecule has 0 saturated carbocycles. The van der Waals surface area contributed by atoms with Gasteiger partial charge in [-0.05, 0) is 58.7 Å². The van der Waals surface area contributed by atoms with E-state index in [2.05, 4.69) is 26.2 Å². The second kappa shape index (κ2) is 7.59. The number of carbonyl (C=O) groups is 1. The van der Waals surface area contributed by atoms with Crippen LogP contribution in [0.15, 0.2) is 57.8 Å². The maximum absolute atomic E-state index is 12.4. The van der Waals surface area contributed by atoms with Gasteiger partial charge in [-0.3, -0.25) is 4.79 Å². The Kier molecular flexibility index (Phi) is 5.27. The van der Waals surface area contributed by atoms with E-state index in [0.29, 0.717) is 17.9 Å². The Bertz CT molecular complexity index is 850. The van der Waals surface area contributed by atoms with Gasteiger partial charge in [0.15, 0.2) is 0 Å². The number of aryl methyl sites for hydroxylation is 1. The Balaban J connectivity index is 1.69. The lowest BCUT2D eigenvalue weighted by molar-refractivity contribution is 0.102. The first kappa shape index (κ1) is 16.7. The Morgan fingerprint density at radius 1 is 1.29 bits per heavy atom. The van der Waals surface area contributed by atoms with E-state index in [1.807, 2.05) is 36.6 Å². The van der Waals surface area contributed by atoms with Crippen molar-refractivity contribution in [3.05, 3.63) is 74.6 Å². The van der Waals surface area contributed by atoms with Gasteiger partial charge >= 0.3 is 0 Å². The maximum atomic E-state index is 12.4. The first-order valence-electron chi connectivity index (χ1n) is 7.29. The number of thiazole rings is 1. The molecule has 0 aliphatic rings. The number of hydrogen-bond acceptors (Lipinski definition) is 4. The summed E-state index contributed by atoms with van der Waals surface area (Å²) in [5, 5.41) is 4.83. The predicted molar refractivity (Wildman–Crippen MR) is 99.7 cm³/mol. The van der Waals surface area contributed by atoms with Crippen LogP contribution in [-0.4, -0.2) is 10.9 Å². The third kappa shape index (κ3) is 4.21. The van der Waals surface area contributed by atoms with E-state index in [1.54, 1.807) is 23.7 Å². The number of hydrogen-bond donors (Lipinski definition) is 1. The highest BCUT2D eigenvalue weighted by molar-refractivity contribution is 9.10. The summed E-state index contributed by atoms with van der Waals surface area (Å²) < 4.78 is 6.54. The first-order chi connectivity index (χ1) is 11.6. The largest absolute Gasteiger partial charge is 0.487 e. The molecule has 0 saturated heterocycles. The molecule has 1 N–H and O–H groups in total. The highest BCUT2D eigenvalue weighted by Crippen LogP contribution is 2.24. The molecule has 3 rings (SSSR count). The van der Waals surface area contributed by atoms with Crippen LogP contribution in [0.2, 0.25) is 0 Å². The summed E-state index contributed by atoms with van der Waals surface area (Å²) in [6.45, 7) is 2.39. The SMILES string of the molecule is Cc1ccc(NC(=O)c2cccc(OCc3cscn3)c2)c(Br)c1. The molecule has 1 aromatic heterocycles. The molecule has 24 heavy (non-hydrogen) atoms. The molecule has 4 nitrogen and oxygen atoms in total. The first-order valence-corrected chi connectivity index (χ1v) is 9.03. The minimum absolute atomic E-state index is 0.182. The van der Waals surface area contributed by atoms with E-state index >= 15 is 0 Å². The summed E-state index contributed by atoms with van der Waals surface area (Å²) in [6, 6.07) is 12.9. The predicted octanol–water partition coefficient (Wildman–Crippen LogP) is 5.05. The molecule has 0 fully saturated rings. The summed E-state index contributed by atoms with van der Waals surface area (Å²) in [5.74, 6) is 0.456. The van der Waals surface area contributed by atoms with E-state index in [9.17, 15) is 4.79 Å². The fraction of sp³-hybridized carbons (Fsp3) is 0.111. The van der Waals surface area contributed by atoms with Gasteiger partial charge in [0.05, 0.1) is 16.9 Å². The maximum Gasteiger partial charge on any atom is 0.255 e. The lowest BCUT2D eigenvalue weighted by Gasteiger charge is -2.10. The molecular formula is C18H15BrN2O2S. The highest BCUT2D eigenvalue weighted by Gasteiger charge is 2.09. The zero-order chi connectivity index (χ0) is 16.9. The second-order valence-corrected chi connectivity index (χ2v) is 6.81. The molecule has 122 valence electrons. The summed E-state index contributed by atoms with van der Waals surface area (Å²) in [5.41, 5.74) is 5.04. The zero-order valence-electron chi connectivity index (χ0n) is 13.0. The summed E-state index contributed by atoms with van der Waals surface area (Å²) in [6.07, 6.45) is 0. The number of ether oxygens (including phenoxy) is 1. The summed E-state index contributed by atoms with van der Waals surface area (Å²) in [4.78, 5) is 16.6. The molecule has 0 aliphatic heterocycles. The molecule has 2 aromatic carbocycles. The topological polar surface area (TPSA) is 51.2 Å².